The molecule has 2 atom stereocenters. The first-order chi connectivity index (χ1) is 16.6. The van der Waals surface area contributed by atoms with Crippen molar-refractivity contribution in [1.82, 2.24) is 10.2 Å². The van der Waals surface area contributed by atoms with Crippen molar-refractivity contribution >= 4 is 5.91 Å². The van der Waals surface area contributed by atoms with Gasteiger partial charge in [-0.1, -0.05) is 36.4 Å². The second-order valence-electron chi connectivity index (χ2n) is 9.92. The predicted molar refractivity (Wildman–Crippen MR) is 131 cm³/mol. The number of hydrogen-bond acceptors (Lipinski definition) is 4. The van der Waals surface area contributed by atoms with Gasteiger partial charge in [-0.05, 0) is 91.7 Å². The van der Waals surface area contributed by atoms with E-state index in [4.69, 9.17) is 4.74 Å². The number of fused-ring (bicyclic) bond motifs is 1. The molecule has 0 bridgehead atoms. The van der Waals surface area contributed by atoms with Gasteiger partial charge >= 0.3 is 0 Å². The zero-order chi connectivity index (χ0) is 23.1. The first-order valence-corrected chi connectivity index (χ1v) is 12.3. The predicted octanol–water partition coefficient (Wildman–Crippen LogP) is 4.65. The van der Waals surface area contributed by atoms with E-state index >= 15 is 0 Å². The van der Waals surface area contributed by atoms with Crippen molar-refractivity contribution in [3.63, 3.8) is 0 Å². The van der Waals surface area contributed by atoms with E-state index < -0.39 is 0 Å². The largest absolute Gasteiger partial charge is 0.508 e. The number of benzene rings is 3. The maximum Gasteiger partial charge on any atom is 0.254 e. The van der Waals surface area contributed by atoms with Gasteiger partial charge in [-0.15, -0.1) is 0 Å². The highest BCUT2D eigenvalue weighted by Crippen LogP contribution is 2.54. The van der Waals surface area contributed by atoms with Crippen molar-refractivity contribution in [2.24, 2.45) is 0 Å². The van der Waals surface area contributed by atoms with E-state index in [9.17, 15) is 9.90 Å². The Hall–Kier alpha value is -3.31. The average Bonchev–Trinajstić information content (AvgIpc) is 3.41. The van der Waals surface area contributed by atoms with E-state index in [0.29, 0.717) is 5.75 Å². The number of aromatic hydroxyl groups is 1. The van der Waals surface area contributed by atoms with E-state index in [1.54, 1.807) is 6.07 Å². The fourth-order valence-electron chi connectivity index (χ4n) is 5.67. The summed E-state index contributed by atoms with van der Waals surface area (Å²) in [5, 5.41) is 13.5. The second-order valence-corrected chi connectivity index (χ2v) is 9.92. The van der Waals surface area contributed by atoms with Gasteiger partial charge in [0.1, 0.15) is 17.6 Å². The fourth-order valence-corrected chi connectivity index (χ4v) is 5.67. The van der Waals surface area contributed by atoms with Crippen molar-refractivity contribution in [1.29, 1.82) is 0 Å². The summed E-state index contributed by atoms with van der Waals surface area (Å²) >= 11 is 0. The van der Waals surface area contributed by atoms with Crippen LogP contribution in [0.3, 0.4) is 0 Å². The van der Waals surface area contributed by atoms with Gasteiger partial charge in [-0.3, -0.25) is 4.79 Å². The van der Waals surface area contributed by atoms with Crippen LogP contribution in [0.2, 0.25) is 0 Å². The number of phenols is 1. The molecule has 0 aromatic heterocycles. The first-order valence-electron chi connectivity index (χ1n) is 12.3. The van der Waals surface area contributed by atoms with Crippen LogP contribution >= 0.6 is 0 Å². The van der Waals surface area contributed by atoms with Crippen LogP contribution in [0.25, 0.3) is 0 Å². The fraction of sp³-hybridized carbons (Fsp3) is 0.345. The molecule has 1 saturated heterocycles. The van der Waals surface area contributed by atoms with E-state index in [-0.39, 0.29) is 23.6 Å². The summed E-state index contributed by atoms with van der Waals surface area (Å²) in [6.07, 6.45) is 4.79. The second kappa shape index (κ2) is 8.48. The number of carbonyl (C=O) groups is 1. The first kappa shape index (κ1) is 21.2. The Labute approximate surface area is 200 Å². The zero-order valence-electron chi connectivity index (χ0n) is 19.2. The number of rotatable bonds is 5. The quantitative estimate of drug-likeness (QED) is 0.589. The maximum atomic E-state index is 13.8. The van der Waals surface area contributed by atoms with Crippen molar-refractivity contribution in [3.8, 4) is 11.5 Å². The summed E-state index contributed by atoms with van der Waals surface area (Å²) < 4.78 is 6.10. The minimum absolute atomic E-state index is 0.0784. The Balaban J connectivity index is 1.33. The number of carbonyl (C=O) groups excluding carboxylic acids is 1. The molecule has 3 aromatic carbocycles. The molecule has 5 nitrogen and oxygen atoms in total. The lowest BCUT2D eigenvalue weighted by molar-refractivity contribution is 0.0486. The topological polar surface area (TPSA) is 61.8 Å². The Morgan fingerprint density at radius 1 is 1.06 bits per heavy atom. The molecule has 34 heavy (non-hydrogen) atoms. The van der Waals surface area contributed by atoms with Gasteiger partial charge in [0, 0.05) is 17.6 Å². The van der Waals surface area contributed by atoms with Gasteiger partial charge in [0.25, 0.3) is 5.91 Å². The molecule has 0 radical (unpaired) electrons. The van der Waals surface area contributed by atoms with Gasteiger partial charge in [-0.25, -0.2) is 0 Å². The molecule has 3 aliphatic rings. The Bertz CT molecular complexity index is 1180. The highest BCUT2D eigenvalue weighted by atomic mass is 16.5. The molecule has 3 aromatic rings. The Kier molecular flexibility index (Phi) is 5.30. The van der Waals surface area contributed by atoms with Gasteiger partial charge in [0.15, 0.2) is 0 Å². The molecule has 6 rings (SSSR count). The van der Waals surface area contributed by atoms with E-state index in [2.05, 4.69) is 22.3 Å². The minimum atomic E-state index is -0.156. The van der Waals surface area contributed by atoms with Gasteiger partial charge < -0.3 is 20.1 Å². The Morgan fingerprint density at radius 3 is 2.56 bits per heavy atom. The maximum absolute atomic E-state index is 13.8. The summed E-state index contributed by atoms with van der Waals surface area (Å²) in [6.45, 7) is 1.90. The summed E-state index contributed by atoms with van der Waals surface area (Å²) in [6, 6.07) is 23.5. The molecule has 1 aliphatic carbocycles. The van der Waals surface area contributed by atoms with E-state index in [0.717, 1.165) is 67.6 Å². The minimum Gasteiger partial charge on any atom is -0.508 e. The van der Waals surface area contributed by atoms with Crippen LogP contribution in [-0.2, 0) is 12.8 Å². The number of ether oxygens (including phenoxy) is 1. The number of phenolic OH excluding ortho intramolecular Hbond substituents is 1. The molecule has 1 amide bonds. The number of nitrogens with one attached hydrogen (secondary N) is 1. The molecule has 2 fully saturated rings. The SMILES string of the molecule is O=C(c1ccccc1)N1C(Cc2ccc(OC3CCNC3)cc2)c2ccc(O)cc2CC12CC2. The van der Waals surface area contributed by atoms with Crippen LogP contribution in [0.1, 0.15) is 52.4 Å². The molecule has 1 saturated carbocycles. The highest BCUT2D eigenvalue weighted by Gasteiger charge is 2.55. The van der Waals surface area contributed by atoms with Crippen LogP contribution in [0.15, 0.2) is 72.8 Å². The van der Waals surface area contributed by atoms with E-state index in [1.807, 2.05) is 54.6 Å². The molecule has 2 unspecified atom stereocenters. The number of nitrogens with zero attached hydrogens (tertiary/aromatic N) is 1. The monoisotopic (exact) mass is 454 g/mol. The van der Waals surface area contributed by atoms with Crippen LogP contribution in [0.4, 0.5) is 0 Å². The van der Waals surface area contributed by atoms with Gasteiger partial charge in [-0.2, -0.15) is 0 Å². The lowest BCUT2D eigenvalue weighted by Gasteiger charge is -2.44. The van der Waals surface area contributed by atoms with E-state index in [1.165, 1.54) is 5.56 Å². The summed E-state index contributed by atoms with van der Waals surface area (Å²) in [4.78, 5) is 16.0. The molecular weight excluding hydrogens is 424 g/mol. The molecule has 1 spiro atoms. The van der Waals surface area contributed by atoms with Crippen molar-refractivity contribution in [2.75, 3.05) is 13.1 Å². The molecule has 2 heterocycles. The van der Waals surface area contributed by atoms with Gasteiger partial charge in [0.05, 0.1) is 6.04 Å². The van der Waals surface area contributed by atoms with Crippen LogP contribution < -0.4 is 10.1 Å². The van der Waals surface area contributed by atoms with Crippen molar-refractivity contribution in [2.45, 2.75) is 49.8 Å². The number of hydrogen-bond donors (Lipinski definition) is 2. The molecule has 2 N–H and O–H groups in total. The molecular formula is C29H30N2O3. The van der Waals surface area contributed by atoms with Gasteiger partial charge in [0.2, 0.25) is 0 Å². The van der Waals surface area contributed by atoms with Crippen LogP contribution in [0.5, 0.6) is 11.5 Å². The third-order valence-corrected chi connectivity index (χ3v) is 7.56. The van der Waals surface area contributed by atoms with Crippen LogP contribution in [0, 0.1) is 0 Å². The third-order valence-electron chi connectivity index (χ3n) is 7.56. The number of amides is 1. The summed E-state index contributed by atoms with van der Waals surface area (Å²) in [5.41, 5.74) is 4.04. The van der Waals surface area contributed by atoms with Crippen molar-refractivity contribution < 1.29 is 14.6 Å². The summed E-state index contributed by atoms with van der Waals surface area (Å²) in [7, 11) is 0. The van der Waals surface area contributed by atoms with Crippen molar-refractivity contribution in [3.05, 3.63) is 95.1 Å². The molecule has 5 heteroatoms. The zero-order valence-corrected chi connectivity index (χ0v) is 19.2. The molecule has 174 valence electrons. The third kappa shape index (κ3) is 3.94. The smallest absolute Gasteiger partial charge is 0.254 e. The lowest BCUT2D eigenvalue weighted by Crippen LogP contribution is -2.49. The Morgan fingerprint density at radius 2 is 1.85 bits per heavy atom. The van der Waals surface area contributed by atoms with Crippen LogP contribution in [-0.4, -0.2) is 40.6 Å². The lowest BCUT2D eigenvalue weighted by atomic mass is 9.83. The normalized spacial score (nSPS) is 22.4. The standard InChI is InChI=1S/C29H30N2O3/c32-23-8-11-26-22(17-23)18-29(13-14-29)31(28(33)21-4-2-1-3-5-21)27(26)16-20-6-9-24(10-7-20)34-25-12-15-30-19-25/h1-11,17,25,27,30,32H,12-16,18-19H2. The highest BCUT2D eigenvalue weighted by molar-refractivity contribution is 5.95. The molecule has 2 aliphatic heterocycles. The summed E-state index contributed by atoms with van der Waals surface area (Å²) in [5.74, 6) is 1.27. The average molecular weight is 455 g/mol.